The van der Waals surface area contributed by atoms with Crippen molar-refractivity contribution in [2.24, 2.45) is 0 Å². The third-order valence-corrected chi connectivity index (χ3v) is 3.11. The minimum atomic E-state index is 0.120. The van der Waals surface area contributed by atoms with Gasteiger partial charge in [0.25, 0.3) is 5.91 Å². The van der Waals surface area contributed by atoms with Crippen LogP contribution in [0.3, 0.4) is 0 Å². The van der Waals surface area contributed by atoms with Crippen LogP contribution in [0.5, 0.6) is 0 Å². The summed E-state index contributed by atoms with van der Waals surface area (Å²) in [4.78, 5) is 14.0. The van der Waals surface area contributed by atoms with E-state index in [1.165, 1.54) is 12.8 Å². The minimum absolute atomic E-state index is 0.120. The van der Waals surface area contributed by atoms with E-state index in [1.807, 2.05) is 43.0 Å². The zero-order valence-electron chi connectivity index (χ0n) is 10.6. The summed E-state index contributed by atoms with van der Waals surface area (Å²) < 4.78 is 0. The Labute approximate surface area is 103 Å². The fourth-order valence-corrected chi connectivity index (χ4v) is 1.90. The van der Waals surface area contributed by atoms with Crippen molar-refractivity contribution in [3.05, 3.63) is 29.8 Å². The molecule has 1 aromatic carbocycles. The van der Waals surface area contributed by atoms with Crippen molar-refractivity contribution in [1.29, 1.82) is 0 Å². The van der Waals surface area contributed by atoms with E-state index in [9.17, 15) is 4.79 Å². The number of hydrogen-bond donors (Lipinski definition) is 1. The number of nitrogens with one attached hydrogen (secondary N) is 1. The topological polar surface area (TPSA) is 32.3 Å². The summed E-state index contributed by atoms with van der Waals surface area (Å²) in [6, 6.07) is 8.44. The molecule has 3 nitrogen and oxygen atoms in total. The van der Waals surface area contributed by atoms with Gasteiger partial charge >= 0.3 is 0 Å². The molecular weight excluding hydrogens is 212 g/mol. The highest BCUT2D eigenvalue weighted by molar-refractivity contribution is 5.95. The van der Waals surface area contributed by atoms with Crippen LogP contribution in [0.4, 0.5) is 5.69 Å². The van der Waals surface area contributed by atoms with Crippen LogP contribution in [0.2, 0.25) is 0 Å². The second-order valence-corrected chi connectivity index (χ2v) is 4.48. The average Bonchev–Trinajstić information content (AvgIpc) is 3.15. The van der Waals surface area contributed by atoms with Crippen molar-refractivity contribution < 1.29 is 4.79 Å². The van der Waals surface area contributed by atoms with Gasteiger partial charge in [-0.1, -0.05) is 6.07 Å². The third kappa shape index (κ3) is 2.99. The van der Waals surface area contributed by atoms with Gasteiger partial charge in [0.2, 0.25) is 0 Å². The first-order valence-corrected chi connectivity index (χ1v) is 6.40. The Morgan fingerprint density at radius 2 is 2.06 bits per heavy atom. The van der Waals surface area contributed by atoms with Gasteiger partial charge in [0.15, 0.2) is 0 Å². The van der Waals surface area contributed by atoms with E-state index in [-0.39, 0.29) is 5.91 Å². The normalized spacial score (nSPS) is 14.5. The number of anilines is 1. The molecule has 2 rings (SSSR count). The van der Waals surface area contributed by atoms with Gasteiger partial charge in [-0.25, -0.2) is 0 Å². The largest absolute Gasteiger partial charge is 0.382 e. The van der Waals surface area contributed by atoms with Crippen molar-refractivity contribution in [2.75, 3.05) is 18.4 Å². The van der Waals surface area contributed by atoms with Gasteiger partial charge in [-0.2, -0.15) is 0 Å². The Morgan fingerprint density at radius 1 is 1.35 bits per heavy atom. The van der Waals surface area contributed by atoms with Crippen LogP contribution in [0.1, 0.15) is 37.0 Å². The number of amides is 1. The van der Waals surface area contributed by atoms with E-state index in [0.29, 0.717) is 6.04 Å². The highest BCUT2D eigenvalue weighted by Crippen LogP contribution is 2.25. The molecule has 1 aromatic rings. The Hall–Kier alpha value is -1.51. The second kappa shape index (κ2) is 5.21. The van der Waals surface area contributed by atoms with E-state index in [4.69, 9.17) is 0 Å². The Morgan fingerprint density at radius 3 is 2.65 bits per heavy atom. The molecule has 0 saturated heterocycles. The van der Waals surface area contributed by atoms with Gasteiger partial charge in [-0.05, 0) is 44.9 Å². The number of carbonyl (C=O) groups is 1. The third-order valence-electron chi connectivity index (χ3n) is 3.11. The van der Waals surface area contributed by atoms with Crippen LogP contribution >= 0.6 is 0 Å². The molecule has 0 unspecified atom stereocenters. The lowest BCUT2D eigenvalue weighted by atomic mass is 10.1. The molecule has 1 amide bonds. The van der Waals surface area contributed by atoms with Crippen molar-refractivity contribution in [2.45, 2.75) is 32.7 Å². The molecule has 1 fully saturated rings. The second-order valence-electron chi connectivity index (χ2n) is 4.48. The van der Waals surface area contributed by atoms with E-state index < -0.39 is 0 Å². The monoisotopic (exact) mass is 232 g/mol. The lowest BCUT2D eigenvalue weighted by molar-refractivity contribution is 0.0773. The smallest absolute Gasteiger partial charge is 0.253 e. The molecular formula is C14H20N2O. The predicted octanol–water partition coefficient (Wildman–Crippen LogP) is 2.74. The molecule has 0 bridgehead atoms. The van der Waals surface area contributed by atoms with E-state index in [1.54, 1.807) is 0 Å². The fourth-order valence-electron chi connectivity index (χ4n) is 1.90. The van der Waals surface area contributed by atoms with Crippen LogP contribution < -0.4 is 5.32 Å². The summed E-state index contributed by atoms with van der Waals surface area (Å²) in [5, 5.41) is 3.42. The van der Waals surface area contributed by atoms with Gasteiger partial charge in [-0.15, -0.1) is 0 Å². The van der Waals surface area contributed by atoms with Crippen LogP contribution in [0, 0.1) is 0 Å². The fraction of sp³-hybridized carbons (Fsp3) is 0.500. The number of nitrogens with zero attached hydrogens (tertiary/aromatic N) is 1. The first-order valence-electron chi connectivity index (χ1n) is 6.40. The minimum Gasteiger partial charge on any atom is -0.382 e. The molecule has 1 saturated carbocycles. The summed E-state index contributed by atoms with van der Waals surface area (Å²) in [7, 11) is 0. The maximum Gasteiger partial charge on any atom is 0.253 e. The van der Waals surface area contributed by atoms with E-state index in [0.717, 1.165) is 24.3 Å². The molecule has 3 heteroatoms. The first kappa shape index (κ1) is 12.0. The van der Waals surface area contributed by atoms with Crippen molar-refractivity contribution in [1.82, 2.24) is 4.90 Å². The van der Waals surface area contributed by atoms with Crippen molar-refractivity contribution in [3.8, 4) is 0 Å². The molecule has 0 aliphatic heterocycles. The summed E-state index contributed by atoms with van der Waals surface area (Å²) in [6.07, 6.45) is 2.49. The van der Waals surface area contributed by atoms with Gasteiger partial charge < -0.3 is 10.2 Å². The summed E-state index contributed by atoms with van der Waals surface area (Å²) in [6.45, 7) is 5.53. The molecule has 17 heavy (non-hydrogen) atoms. The SMILES string of the molecule is CCN(CC)C(=O)c1cccc(NC2CC2)c1. The highest BCUT2D eigenvalue weighted by Gasteiger charge is 2.21. The zero-order chi connectivity index (χ0) is 12.3. The molecule has 0 atom stereocenters. The number of hydrogen-bond acceptors (Lipinski definition) is 2. The van der Waals surface area contributed by atoms with Gasteiger partial charge in [0, 0.05) is 30.4 Å². The molecule has 1 aliphatic carbocycles. The predicted molar refractivity (Wildman–Crippen MR) is 70.3 cm³/mol. The average molecular weight is 232 g/mol. The molecule has 1 aliphatic rings. The van der Waals surface area contributed by atoms with Crippen LogP contribution in [0.15, 0.2) is 24.3 Å². The van der Waals surface area contributed by atoms with Crippen LogP contribution in [-0.4, -0.2) is 29.9 Å². The van der Waals surface area contributed by atoms with Gasteiger partial charge in [-0.3, -0.25) is 4.79 Å². The molecule has 0 heterocycles. The van der Waals surface area contributed by atoms with Crippen LogP contribution in [0.25, 0.3) is 0 Å². The number of benzene rings is 1. The van der Waals surface area contributed by atoms with Gasteiger partial charge in [0.1, 0.15) is 0 Å². The molecule has 0 spiro atoms. The number of carbonyl (C=O) groups excluding carboxylic acids is 1. The molecule has 92 valence electrons. The lowest BCUT2D eigenvalue weighted by Gasteiger charge is -2.19. The van der Waals surface area contributed by atoms with Crippen LogP contribution in [-0.2, 0) is 0 Å². The molecule has 1 N–H and O–H groups in total. The molecule has 0 radical (unpaired) electrons. The maximum absolute atomic E-state index is 12.2. The van der Waals surface area contributed by atoms with E-state index in [2.05, 4.69) is 5.32 Å². The van der Waals surface area contributed by atoms with Crippen molar-refractivity contribution >= 4 is 11.6 Å². The zero-order valence-corrected chi connectivity index (χ0v) is 10.6. The van der Waals surface area contributed by atoms with Crippen molar-refractivity contribution in [3.63, 3.8) is 0 Å². The summed E-state index contributed by atoms with van der Waals surface area (Å²) in [5.41, 5.74) is 1.84. The van der Waals surface area contributed by atoms with E-state index >= 15 is 0 Å². The standard InChI is InChI=1S/C14H20N2O/c1-3-16(4-2)14(17)11-6-5-7-13(10-11)15-12-8-9-12/h5-7,10,12,15H,3-4,8-9H2,1-2H3. The quantitative estimate of drug-likeness (QED) is 0.846. The summed E-state index contributed by atoms with van der Waals surface area (Å²) >= 11 is 0. The maximum atomic E-state index is 12.2. The highest BCUT2D eigenvalue weighted by atomic mass is 16.2. The Kier molecular flexibility index (Phi) is 3.67. The molecule has 0 aromatic heterocycles. The van der Waals surface area contributed by atoms with Gasteiger partial charge in [0.05, 0.1) is 0 Å². The summed E-state index contributed by atoms with van der Waals surface area (Å²) in [5.74, 6) is 0.120. The number of rotatable bonds is 5. The first-order chi connectivity index (χ1) is 8.24. The Balaban J connectivity index is 2.10. The Bertz CT molecular complexity index is 395. The lowest BCUT2D eigenvalue weighted by Crippen LogP contribution is -2.30.